The number of hydrogen-bond acceptors (Lipinski definition) is 5. The van der Waals surface area contributed by atoms with Crippen molar-refractivity contribution in [1.29, 1.82) is 0 Å². The number of imide groups is 1. The van der Waals surface area contributed by atoms with Gasteiger partial charge in [-0.2, -0.15) is 0 Å². The van der Waals surface area contributed by atoms with Crippen LogP contribution >= 0.6 is 27.7 Å². The van der Waals surface area contributed by atoms with Crippen LogP contribution in [0.3, 0.4) is 0 Å². The molecule has 1 fully saturated rings. The van der Waals surface area contributed by atoms with Gasteiger partial charge in [0.2, 0.25) is 0 Å². The normalized spacial score (nSPS) is 15.5. The molecule has 2 heterocycles. The first-order valence-electron chi connectivity index (χ1n) is 9.90. The average molecular weight is 505 g/mol. The Kier molecular flexibility index (Phi) is 6.81. The van der Waals surface area contributed by atoms with Crippen molar-refractivity contribution in [3.05, 3.63) is 55.7 Å². The number of hydrogen-bond donors (Lipinski definition) is 0. The van der Waals surface area contributed by atoms with Crippen LogP contribution < -0.4 is 0 Å². The second-order valence-electron chi connectivity index (χ2n) is 7.86. The van der Waals surface area contributed by atoms with Gasteiger partial charge in [0.15, 0.2) is 0 Å². The summed E-state index contributed by atoms with van der Waals surface area (Å²) < 4.78 is 8.27. The maximum Gasteiger partial charge on any atom is 0.326 e. The van der Waals surface area contributed by atoms with Crippen molar-refractivity contribution >= 4 is 50.9 Å². The Morgan fingerprint density at radius 1 is 1.13 bits per heavy atom. The van der Waals surface area contributed by atoms with E-state index in [1.807, 2.05) is 19.9 Å². The van der Waals surface area contributed by atoms with E-state index in [4.69, 9.17) is 4.74 Å². The SMILES string of the molecule is Cc1cc(-n2c(C)cc(/C=C3\SC(=O)N(CC(=O)OC(C)C)C3=O)c2C)cc(C)c1Br. The Balaban J connectivity index is 1.91. The molecule has 164 valence electrons. The average Bonchev–Trinajstić information content (AvgIpc) is 3.08. The molecule has 1 aromatic carbocycles. The van der Waals surface area contributed by atoms with E-state index in [0.29, 0.717) is 4.91 Å². The number of aromatic nitrogens is 1. The molecule has 1 aromatic heterocycles. The highest BCUT2D eigenvalue weighted by Gasteiger charge is 2.37. The molecule has 3 rings (SSSR count). The Hall–Kier alpha value is -2.32. The number of carbonyl (C=O) groups excluding carboxylic acids is 3. The number of nitrogens with zero attached hydrogens (tertiary/aromatic N) is 2. The second-order valence-corrected chi connectivity index (χ2v) is 9.65. The van der Waals surface area contributed by atoms with Gasteiger partial charge in [0.05, 0.1) is 11.0 Å². The van der Waals surface area contributed by atoms with Crippen LogP contribution in [0, 0.1) is 27.7 Å². The number of rotatable bonds is 5. The first-order valence-corrected chi connectivity index (χ1v) is 11.5. The lowest BCUT2D eigenvalue weighted by Crippen LogP contribution is -2.35. The van der Waals surface area contributed by atoms with Crippen molar-refractivity contribution in [2.75, 3.05) is 6.54 Å². The first-order chi connectivity index (χ1) is 14.5. The topological polar surface area (TPSA) is 68.6 Å². The third-order valence-corrected chi connectivity index (χ3v) is 7.12. The van der Waals surface area contributed by atoms with Crippen LogP contribution in [0.15, 0.2) is 27.6 Å². The van der Waals surface area contributed by atoms with Gasteiger partial charge >= 0.3 is 5.97 Å². The third kappa shape index (κ3) is 4.80. The Labute approximate surface area is 194 Å². The summed E-state index contributed by atoms with van der Waals surface area (Å²) in [6.07, 6.45) is 1.41. The molecular weight excluding hydrogens is 480 g/mol. The van der Waals surface area contributed by atoms with Gasteiger partial charge in [-0.1, -0.05) is 15.9 Å². The molecule has 0 saturated carbocycles. The van der Waals surface area contributed by atoms with Crippen molar-refractivity contribution in [2.24, 2.45) is 0 Å². The minimum absolute atomic E-state index is 0.297. The summed E-state index contributed by atoms with van der Waals surface area (Å²) in [5, 5.41) is -0.468. The molecule has 1 aliphatic heterocycles. The quantitative estimate of drug-likeness (QED) is 0.399. The Bertz CT molecular complexity index is 1090. The molecule has 0 spiro atoms. The summed E-state index contributed by atoms with van der Waals surface area (Å²) in [5.41, 5.74) is 6.15. The number of ether oxygens (including phenoxy) is 1. The highest BCUT2D eigenvalue weighted by atomic mass is 79.9. The number of carbonyl (C=O) groups is 3. The van der Waals surface area contributed by atoms with Gasteiger partial charge in [-0.15, -0.1) is 0 Å². The number of aryl methyl sites for hydroxylation is 3. The maximum absolute atomic E-state index is 12.7. The molecule has 2 amide bonds. The number of esters is 1. The predicted molar refractivity (Wildman–Crippen MR) is 126 cm³/mol. The second kappa shape index (κ2) is 9.04. The van der Waals surface area contributed by atoms with Gasteiger partial charge in [-0.3, -0.25) is 19.3 Å². The van der Waals surface area contributed by atoms with Crippen molar-refractivity contribution in [3.63, 3.8) is 0 Å². The molecular formula is C23H25BrN2O4S. The molecule has 0 aliphatic carbocycles. The molecule has 0 N–H and O–H groups in total. The number of benzene rings is 1. The van der Waals surface area contributed by atoms with Crippen molar-refractivity contribution in [2.45, 2.75) is 47.6 Å². The van der Waals surface area contributed by atoms with Crippen molar-refractivity contribution in [3.8, 4) is 5.69 Å². The predicted octanol–water partition coefficient (Wildman–Crippen LogP) is 5.46. The van der Waals surface area contributed by atoms with E-state index in [1.165, 1.54) is 0 Å². The van der Waals surface area contributed by atoms with Crippen LogP contribution in [0.2, 0.25) is 0 Å². The Morgan fingerprint density at radius 2 is 1.74 bits per heavy atom. The third-order valence-electron chi connectivity index (χ3n) is 4.96. The fraction of sp³-hybridized carbons (Fsp3) is 0.348. The van der Waals surface area contributed by atoms with Crippen molar-refractivity contribution in [1.82, 2.24) is 9.47 Å². The van der Waals surface area contributed by atoms with Gasteiger partial charge < -0.3 is 9.30 Å². The number of amides is 2. The molecule has 6 nitrogen and oxygen atoms in total. The Morgan fingerprint density at radius 3 is 2.32 bits per heavy atom. The van der Waals surface area contributed by atoms with Crippen LogP contribution in [0.25, 0.3) is 11.8 Å². The van der Waals surface area contributed by atoms with E-state index in [9.17, 15) is 14.4 Å². The monoisotopic (exact) mass is 504 g/mol. The zero-order valence-corrected chi connectivity index (χ0v) is 20.8. The summed E-state index contributed by atoms with van der Waals surface area (Å²) in [6, 6.07) is 6.20. The zero-order chi connectivity index (χ0) is 23.0. The molecule has 31 heavy (non-hydrogen) atoms. The number of thioether (sulfide) groups is 1. The molecule has 0 atom stereocenters. The molecule has 1 aliphatic rings. The minimum atomic E-state index is -0.599. The maximum atomic E-state index is 12.7. The molecule has 0 radical (unpaired) electrons. The first kappa shape index (κ1) is 23.3. The van der Waals surface area contributed by atoms with Gasteiger partial charge in [0.25, 0.3) is 11.1 Å². The fourth-order valence-corrected chi connectivity index (χ4v) is 4.65. The molecule has 1 saturated heterocycles. The van der Waals surface area contributed by atoms with Crippen molar-refractivity contribution < 1.29 is 19.1 Å². The highest BCUT2D eigenvalue weighted by Crippen LogP contribution is 2.34. The zero-order valence-electron chi connectivity index (χ0n) is 18.4. The van der Waals surface area contributed by atoms with Gasteiger partial charge in [-0.25, -0.2) is 0 Å². The van der Waals surface area contributed by atoms with Crippen LogP contribution in [0.1, 0.15) is 41.9 Å². The van der Waals surface area contributed by atoms with Crippen LogP contribution in [-0.2, 0) is 14.3 Å². The summed E-state index contributed by atoms with van der Waals surface area (Å²) >= 11 is 4.44. The lowest BCUT2D eigenvalue weighted by atomic mass is 10.1. The summed E-state index contributed by atoms with van der Waals surface area (Å²) in [6.45, 7) is 11.1. The molecule has 8 heteroatoms. The van der Waals surface area contributed by atoms with Gasteiger partial charge in [0.1, 0.15) is 6.54 Å². The minimum Gasteiger partial charge on any atom is -0.462 e. The van der Waals surface area contributed by atoms with Crippen LogP contribution in [0.4, 0.5) is 4.79 Å². The lowest BCUT2D eigenvalue weighted by molar-refractivity contribution is -0.149. The largest absolute Gasteiger partial charge is 0.462 e. The number of halogens is 1. The van der Waals surface area contributed by atoms with E-state index in [2.05, 4.69) is 46.5 Å². The lowest BCUT2D eigenvalue weighted by Gasteiger charge is -2.13. The van der Waals surface area contributed by atoms with E-state index in [1.54, 1.807) is 19.9 Å². The highest BCUT2D eigenvalue weighted by molar-refractivity contribution is 9.10. The molecule has 0 unspecified atom stereocenters. The summed E-state index contributed by atoms with van der Waals surface area (Å²) in [7, 11) is 0. The standard InChI is InChI=1S/C23H25BrN2O4S/c1-12(2)30-20(27)11-25-22(28)19(31-23(25)29)10-17-9-15(5)26(16(17)6)18-7-13(3)21(24)14(4)8-18/h7-10,12H,11H2,1-6H3/b19-10-. The summed E-state index contributed by atoms with van der Waals surface area (Å²) in [5.74, 6) is -1.08. The summed E-state index contributed by atoms with van der Waals surface area (Å²) in [4.78, 5) is 38.2. The van der Waals surface area contributed by atoms with E-state index >= 15 is 0 Å². The molecule has 2 aromatic rings. The smallest absolute Gasteiger partial charge is 0.326 e. The van der Waals surface area contributed by atoms with E-state index in [0.717, 1.165) is 54.9 Å². The van der Waals surface area contributed by atoms with E-state index < -0.39 is 17.1 Å². The van der Waals surface area contributed by atoms with Gasteiger partial charge in [0, 0.05) is 21.5 Å². The van der Waals surface area contributed by atoms with Gasteiger partial charge in [-0.05, 0) is 94.3 Å². The van der Waals surface area contributed by atoms with Crippen LogP contribution in [0.5, 0.6) is 0 Å². The fourth-order valence-electron chi connectivity index (χ4n) is 3.59. The molecule has 0 bridgehead atoms. The van der Waals surface area contributed by atoms with E-state index in [-0.39, 0.29) is 12.6 Å². The van der Waals surface area contributed by atoms with Crippen LogP contribution in [-0.4, -0.2) is 39.2 Å².